The predicted molar refractivity (Wildman–Crippen MR) is 93.5 cm³/mol. The molecule has 24 heavy (non-hydrogen) atoms. The maximum absolute atomic E-state index is 11.8. The van der Waals surface area contributed by atoms with Crippen molar-refractivity contribution in [1.82, 2.24) is 5.32 Å². The third kappa shape index (κ3) is 4.96. The SMILES string of the molecule is COc1ccc(NC(=O)NCCOc2ccccc2OC)cc1Cl. The smallest absolute Gasteiger partial charge is 0.319 e. The lowest BCUT2D eigenvalue weighted by molar-refractivity contribution is 0.246. The van der Waals surface area contributed by atoms with E-state index in [4.69, 9.17) is 25.8 Å². The second kappa shape index (κ2) is 8.88. The van der Waals surface area contributed by atoms with Crippen LogP contribution in [0.25, 0.3) is 0 Å². The molecule has 2 aromatic carbocycles. The number of para-hydroxylation sites is 2. The molecule has 128 valence electrons. The van der Waals surface area contributed by atoms with Gasteiger partial charge in [0.25, 0.3) is 0 Å². The first-order valence-electron chi connectivity index (χ1n) is 7.28. The van der Waals surface area contributed by atoms with Crippen molar-refractivity contribution in [3.05, 3.63) is 47.5 Å². The maximum atomic E-state index is 11.8. The molecule has 0 aliphatic heterocycles. The number of carbonyl (C=O) groups excluding carboxylic acids is 1. The Labute approximate surface area is 145 Å². The number of hydrogen-bond donors (Lipinski definition) is 2. The normalized spacial score (nSPS) is 9.96. The second-order valence-electron chi connectivity index (χ2n) is 4.73. The molecular weight excluding hydrogens is 332 g/mol. The van der Waals surface area contributed by atoms with Gasteiger partial charge in [0.2, 0.25) is 0 Å². The third-order valence-electron chi connectivity index (χ3n) is 3.12. The van der Waals surface area contributed by atoms with E-state index in [1.807, 2.05) is 18.2 Å². The molecule has 0 aromatic heterocycles. The Hall–Kier alpha value is -2.60. The van der Waals surface area contributed by atoms with Crippen molar-refractivity contribution in [2.75, 3.05) is 32.7 Å². The molecule has 2 N–H and O–H groups in total. The van der Waals surface area contributed by atoms with Gasteiger partial charge in [0, 0.05) is 5.69 Å². The highest BCUT2D eigenvalue weighted by Gasteiger charge is 2.06. The molecule has 0 spiro atoms. The fourth-order valence-corrected chi connectivity index (χ4v) is 2.24. The molecule has 0 atom stereocenters. The van der Waals surface area contributed by atoms with Gasteiger partial charge in [-0.3, -0.25) is 0 Å². The Morgan fingerprint density at radius 1 is 1.04 bits per heavy atom. The number of benzene rings is 2. The summed E-state index contributed by atoms with van der Waals surface area (Å²) in [5, 5.41) is 5.81. The Morgan fingerprint density at radius 3 is 2.42 bits per heavy atom. The van der Waals surface area contributed by atoms with Crippen molar-refractivity contribution in [3.8, 4) is 17.2 Å². The van der Waals surface area contributed by atoms with E-state index in [9.17, 15) is 4.79 Å². The molecule has 0 radical (unpaired) electrons. The van der Waals surface area contributed by atoms with E-state index in [2.05, 4.69) is 10.6 Å². The number of anilines is 1. The number of hydrogen-bond acceptors (Lipinski definition) is 4. The van der Waals surface area contributed by atoms with E-state index in [1.165, 1.54) is 7.11 Å². The van der Waals surface area contributed by atoms with Gasteiger partial charge in [-0.25, -0.2) is 4.79 Å². The Balaban J connectivity index is 1.76. The minimum Gasteiger partial charge on any atom is -0.495 e. The summed E-state index contributed by atoms with van der Waals surface area (Å²) in [6.45, 7) is 0.658. The van der Waals surface area contributed by atoms with Gasteiger partial charge in [0.1, 0.15) is 12.4 Å². The van der Waals surface area contributed by atoms with E-state index >= 15 is 0 Å². The number of urea groups is 1. The van der Waals surface area contributed by atoms with Crippen LogP contribution in [0.2, 0.25) is 5.02 Å². The van der Waals surface area contributed by atoms with Crippen molar-refractivity contribution >= 4 is 23.3 Å². The number of nitrogens with one attached hydrogen (secondary N) is 2. The molecule has 0 saturated heterocycles. The zero-order valence-corrected chi connectivity index (χ0v) is 14.2. The summed E-state index contributed by atoms with van der Waals surface area (Å²) >= 11 is 6.01. The number of methoxy groups -OCH3 is 2. The van der Waals surface area contributed by atoms with Crippen molar-refractivity contribution in [3.63, 3.8) is 0 Å². The van der Waals surface area contributed by atoms with Crippen molar-refractivity contribution in [2.45, 2.75) is 0 Å². The molecule has 0 unspecified atom stereocenters. The maximum Gasteiger partial charge on any atom is 0.319 e. The van der Waals surface area contributed by atoms with Gasteiger partial charge in [-0.05, 0) is 30.3 Å². The Morgan fingerprint density at radius 2 is 1.75 bits per heavy atom. The topological polar surface area (TPSA) is 68.8 Å². The zero-order chi connectivity index (χ0) is 17.4. The van der Waals surface area contributed by atoms with Gasteiger partial charge in [-0.15, -0.1) is 0 Å². The van der Waals surface area contributed by atoms with E-state index in [1.54, 1.807) is 31.4 Å². The molecule has 0 fully saturated rings. The summed E-state index contributed by atoms with van der Waals surface area (Å²) in [6, 6.07) is 12.0. The van der Waals surface area contributed by atoms with Crippen molar-refractivity contribution in [2.24, 2.45) is 0 Å². The molecule has 2 rings (SSSR count). The molecule has 2 aromatic rings. The van der Waals surface area contributed by atoms with Crippen LogP contribution in [-0.2, 0) is 0 Å². The minimum atomic E-state index is -0.347. The van der Waals surface area contributed by atoms with Crippen LogP contribution in [0.15, 0.2) is 42.5 Å². The standard InChI is InChI=1S/C17H19ClN2O4/c1-22-14-8-7-12(11-13(14)18)20-17(21)19-9-10-24-16-6-4-3-5-15(16)23-2/h3-8,11H,9-10H2,1-2H3,(H2,19,20,21). The number of carbonyl (C=O) groups is 1. The lowest BCUT2D eigenvalue weighted by Crippen LogP contribution is -2.32. The zero-order valence-electron chi connectivity index (χ0n) is 13.5. The molecule has 0 aliphatic rings. The molecule has 6 nitrogen and oxygen atoms in total. The van der Waals surface area contributed by atoms with E-state index < -0.39 is 0 Å². The number of ether oxygens (including phenoxy) is 3. The number of halogens is 1. The average molecular weight is 351 g/mol. The van der Waals surface area contributed by atoms with Crippen LogP contribution >= 0.6 is 11.6 Å². The highest BCUT2D eigenvalue weighted by molar-refractivity contribution is 6.32. The molecule has 0 bridgehead atoms. The second-order valence-corrected chi connectivity index (χ2v) is 5.14. The lowest BCUT2D eigenvalue weighted by Gasteiger charge is -2.12. The van der Waals surface area contributed by atoms with E-state index in [0.717, 1.165) is 0 Å². The van der Waals surface area contributed by atoms with Crippen LogP contribution in [0.1, 0.15) is 0 Å². The summed E-state index contributed by atoms with van der Waals surface area (Å²) in [7, 11) is 3.11. The molecule has 2 amide bonds. The van der Waals surface area contributed by atoms with Gasteiger partial charge >= 0.3 is 6.03 Å². The molecule has 7 heteroatoms. The molecule has 0 heterocycles. The van der Waals surface area contributed by atoms with Crippen LogP contribution in [-0.4, -0.2) is 33.4 Å². The molecule has 0 saturated carbocycles. The number of rotatable bonds is 7. The Kier molecular flexibility index (Phi) is 6.57. The first-order valence-corrected chi connectivity index (χ1v) is 7.66. The minimum absolute atomic E-state index is 0.317. The van der Waals surface area contributed by atoms with Crippen molar-refractivity contribution in [1.29, 1.82) is 0 Å². The summed E-state index contributed by atoms with van der Waals surface area (Å²) in [4.78, 5) is 11.8. The van der Waals surface area contributed by atoms with Crippen LogP contribution < -0.4 is 24.8 Å². The van der Waals surface area contributed by atoms with Crippen LogP contribution in [0.3, 0.4) is 0 Å². The van der Waals surface area contributed by atoms with Crippen molar-refractivity contribution < 1.29 is 19.0 Å². The molecule has 0 aliphatic carbocycles. The third-order valence-corrected chi connectivity index (χ3v) is 3.42. The largest absolute Gasteiger partial charge is 0.495 e. The summed E-state index contributed by atoms with van der Waals surface area (Å²) in [5.74, 6) is 1.83. The van der Waals surface area contributed by atoms with E-state index in [0.29, 0.717) is 41.1 Å². The van der Waals surface area contributed by atoms with Gasteiger partial charge in [-0.1, -0.05) is 23.7 Å². The predicted octanol–water partition coefficient (Wildman–Crippen LogP) is 3.56. The highest BCUT2D eigenvalue weighted by atomic mass is 35.5. The summed E-state index contributed by atoms with van der Waals surface area (Å²) < 4.78 is 15.8. The first-order chi connectivity index (χ1) is 11.6. The summed E-state index contributed by atoms with van der Waals surface area (Å²) in [6.07, 6.45) is 0. The average Bonchev–Trinajstić information content (AvgIpc) is 2.59. The van der Waals surface area contributed by atoms with Gasteiger partial charge in [0.05, 0.1) is 25.8 Å². The van der Waals surface area contributed by atoms with Crippen LogP contribution in [0.4, 0.5) is 10.5 Å². The Bertz CT molecular complexity index is 694. The first kappa shape index (κ1) is 17.7. The molecular formula is C17H19ClN2O4. The van der Waals surface area contributed by atoms with Gasteiger partial charge in [0.15, 0.2) is 11.5 Å². The highest BCUT2D eigenvalue weighted by Crippen LogP contribution is 2.27. The number of amides is 2. The van der Waals surface area contributed by atoms with Gasteiger partial charge < -0.3 is 24.8 Å². The summed E-state index contributed by atoms with van der Waals surface area (Å²) in [5.41, 5.74) is 0.573. The van der Waals surface area contributed by atoms with E-state index in [-0.39, 0.29) is 6.03 Å². The lowest BCUT2D eigenvalue weighted by atomic mass is 10.3. The fraction of sp³-hybridized carbons (Fsp3) is 0.235. The fourth-order valence-electron chi connectivity index (χ4n) is 1.98. The van der Waals surface area contributed by atoms with Crippen LogP contribution in [0, 0.1) is 0 Å². The van der Waals surface area contributed by atoms with Crippen LogP contribution in [0.5, 0.6) is 17.2 Å². The quantitative estimate of drug-likeness (QED) is 0.749. The monoisotopic (exact) mass is 350 g/mol. The van der Waals surface area contributed by atoms with Gasteiger partial charge in [-0.2, -0.15) is 0 Å².